The highest BCUT2D eigenvalue weighted by Gasteiger charge is 2.42. The Morgan fingerprint density at radius 2 is 2.06 bits per heavy atom. The molecule has 16 heavy (non-hydrogen) atoms. The summed E-state index contributed by atoms with van der Waals surface area (Å²) in [6.07, 6.45) is 0.543. The SMILES string of the molecule is CC1OC(C)C(C(Cl)c2sccc2Br)C1C. The van der Waals surface area contributed by atoms with Crippen molar-refractivity contribution in [3.05, 3.63) is 20.8 Å². The molecule has 1 aromatic rings. The van der Waals surface area contributed by atoms with Crippen LogP contribution in [0, 0.1) is 11.8 Å². The van der Waals surface area contributed by atoms with Gasteiger partial charge in [-0.3, -0.25) is 0 Å². The summed E-state index contributed by atoms with van der Waals surface area (Å²) in [4.78, 5) is 1.23. The highest BCUT2D eigenvalue weighted by Crippen LogP contribution is 2.47. The van der Waals surface area contributed by atoms with Gasteiger partial charge in [-0.05, 0) is 47.1 Å². The number of hydrogen-bond acceptors (Lipinski definition) is 2. The predicted octanol–water partition coefficient (Wildman–Crippen LogP) is 4.85. The molecular formula is C12H16BrClOS. The summed E-state index contributed by atoms with van der Waals surface area (Å²) in [5, 5.41) is 2.12. The fourth-order valence-electron chi connectivity index (χ4n) is 2.48. The number of alkyl halides is 1. The van der Waals surface area contributed by atoms with Crippen LogP contribution in [-0.2, 0) is 4.74 Å². The number of rotatable bonds is 2. The number of thiophene rings is 1. The second kappa shape index (κ2) is 4.97. The maximum atomic E-state index is 6.61. The van der Waals surface area contributed by atoms with Crippen molar-refractivity contribution in [3.63, 3.8) is 0 Å². The van der Waals surface area contributed by atoms with Crippen molar-refractivity contribution in [2.24, 2.45) is 11.8 Å². The zero-order valence-electron chi connectivity index (χ0n) is 9.61. The fourth-order valence-corrected chi connectivity index (χ4v) is 4.97. The van der Waals surface area contributed by atoms with Gasteiger partial charge in [0.2, 0.25) is 0 Å². The van der Waals surface area contributed by atoms with E-state index in [2.05, 4.69) is 48.1 Å². The number of ether oxygens (including phenoxy) is 1. The van der Waals surface area contributed by atoms with Crippen molar-refractivity contribution >= 4 is 38.9 Å². The van der Waals surface area contributed by atoms with Gasteiger partial charge < -0.3 is 4.74 Å². The maximum Gasteiger partial charge on any atom is 0.0746 e. The molecule has 1 saturated heterocycles. The second-order valence-corrected chi connectivity index (χ2v) is 6.79. The quantitative estimate of drug-likeness (QED) is 0.707. The van der Waals surface area contributed by atoms with Crippen molar-refractivity contribution in [3.8, 4) is 0 Å². The molecule has 2 rings (SSSR count). The molecule has 90 valence electrons. The third-order valence-corrected chi connectivity index (χ3v) is 6.14. The lowest BCUT2D eigenvalue weighted by Gasteiger charge is -2.23. The maximum absolute atomic E-state index is 6.61. The molecule has 1 aromatic heterocycles. The minimum Gasteiger partial charge on any atom is -0.375 e. The molecule has 4 heteroatoms. The minimum absolute atomic E-state index is 0.0457. The van der Waals surface area contributed by atoms with Gasteiger partial charge in [-0.2, -0.15) is 0 Å². The summed E-state index contributed by atoms with van der Waals surface area (Å²) in [6, 6.07) is 2.06. The Balaban J connectivity index is 2.22. The summed E-state index contributed by atoms with van der Waals surface area (Å²) in [5.41, 5.74) is 0. The van der Waals surface area contributed by atoms with Crippen LogP contribution in [0.25, 0.3) is 0 Å². The first-order valence-corrected chi connectivity index (χ1v) is 7.65. The van der Waals surface area contributed by atoms with Gasteiger partial charge in [0.25, 0.3) is 0 Å². The first kappa shape index (κ1) is 12.9. The van der Waals surface area contributed by atoms with E-state index in [1.54, 1.807) is 11.3 Å². The smallest absolute Gasteiger partial charge is 0.0746 e. The van der Waals surface area contributed by atoms with E-state index in [4.69, 9.17) is 16.3 Å². The van der Waals surface area contributed by atoms with Crippen molar-refractivity contribution in [1.82, 2.24) is 0 Å². The van der Waals surface area contributed by atoms with E-state index in [0.717, 1.165) is 4.47 Å². The molecule has 0 spiro atoms. The zero-order chi connectivity index (χ0) is 11.9. The van der Waals surface area contributed by atoms with Crippen molar-refractivity contribution in [2.45, 2.75) is 38.4 Å². The Morgan fingerprint density at radius 1 is 1.38 bits per heavy atom. The molecule has 2 heterocycles. The van der Waals surface area contributed by atoms with Crippen LogP contribution in [0.5, 0.6) is 0 Å². The molecule has 5 unspecified atom stereocenters. The Hall–Kier alpha value is 0.430. The average Bonchev–Trinajstić information content (AvgIpc) is 2.73. The van der Waals surface area contributed by atoms with Gasteiger partial charge in [0, 0.05) is 15.3 Å². The summed E-state index contributed by atoms with van der Waals surface area (Å²) in [7, 11) is 0. The van der Waals surface area contributed by atoms with Crippen LogP contribution in [0.4, 0.5) is 0 Å². The Kier molecular flexibility index (Phi) is 4.00. The summed E-state index contributed by atoms with van der Waals surface area (Å²) < 4.78 is 6.97. The first-order chi connectivity index (χ1) is 7.52. The van der Waals surface area contributed by atoms with Crippen molar-refractivity contribution in [2.75, 3.05) is 0 Å². The van der Waals surface area contributed by atoms with E-state index in [-0.39, 0.29) is 11.5 Å². The van der Waals surface area contributed by atoms with Gasteiger partial charge in [0.05, 0.1) is 17.6 Å². The van der Waals surface area contributed by atoms with Crippen LogP contribution in [-0.4, -0.2) is 12.2 Å². The summed E-state index contributed by atoms with van der Waals surface area (Å²) >= 11 is 11.9. The first-order valence-electron chi connectivity index (χ1n) is 5.54. The van der Waals surface area contributed by atoms with Crippen LogP contribution in [0.2, 0.25) is 0 Å². The Bertz CT molecular complexity index is 368. The standard InChI is InChI=1S/C12H16BrClOS/c1-6-7(2)15-8(3)10(6)11(14)12-9(13)4-5-16-12/h4-8,10-11H,1-3H3. The molecule has 1 fully saturated rings. The van der Waals surface area contributed by atoms with E-state index in [1.807, 2.05) is 0 Å². The second-order valence-electron chi connectivity index (χ2n) is 4.52. The normalized spacial score (nSPS) is 36.6. The van der Waals surface area contributed by atoms with Crippen molar-refractivity contribution < 1.29 is 4.74 Å². The molecule has 0 saturated carbocycles. The molecule has 0 amide bonds. The fraction of sp³-hybridized carbons (Fsp3) is 0.667. The van der Waals surface area contributed by atoms with Crippen molar-refractivity contribution in [1.29, 1.82) is 0 Å². The highest BCUT2D eigenvalue weighted by molar-refractivity contribution is 9.10. The van der Waals surface area contributed by atoms with E-state index < -0.39 is 0 Å². The Labute approximate surface area is 114 Å². The van der Waals surface area contributed by atoms with Gasteiger partial charge in [0.15, 0.2) is 0 Å². The monoisotopic (exact) mass is 322 g/mol. The lowest BCUT2D eigenvalue weighted by Crippen LogP contribution is -2.21. The highest BCUT2D eigenvalue weighted by atomic mass is 79.9. The third-order valence-electron chi connectivity index (χ3n) is 3.55. The Morgan fingerprint density at radius 3 is 2.50 bits per heavy atom. The van der Waals surface area contributed by atoms with Gasteiger partial charge in [0.1, 0.15) is 0 Å². The topological polar surface area (TPSA) is 9.23 Å². The molecule has 0 aliphatic carbocycles. The minimum atomic E-state index is 0.0457. The largest absolute Gasteiger partial charge is 0.375 e. The number of hydrogen-bond donors (Lipinski definition) is 0. The van der Waals surface area contributed by atoms with E-state index >= 15 is 0 Å². The van der Waals surface area contributed by atoms with Gasteiger partial charge in [-0.1, -0.05) is 6.92 Å². The van der Waals surface area contributed by atoms with Crippen LogP contribution >= 0.6 is 38.9 Å². The van der Waals surface area contributed by atoms with Crippen LogP contribution in [0.1, 0.15) is 31.0 Å². The zero-order valence-corrected chi connectivity index (χ0v) is 12.8. The molecule has 0 N–H and O–H groups in total. The van der Waals surface area contributed by atoms with Crippen LogP contribution < -0.4 is 0 Å². The molecule has 1 aliphatic heterocycles. The summed E-state index contributed by atoms with van der Waals surface area (Å²) in [6.45, 7) is 6.49. The molecule has 0 aromatic carbocycles. The van der Waals surface area contributed by atoms with E-state index in [9.17, 15) is 0 Å². The van der Waals surface area contributed by atoms with E-state index in [1.165, 1.54) is 4.88 Å². The summed E-state index contributed by atoms with van der Waals surface area (Å²) in [5.74, 6) is 0.901. The molecule has 5 atom stereocenters. The molecule has 1 nitrogen and oxygen atoms in total. The number of halogens is 2. The van der Waals surface area contributed by atoms with Crippen LogP contribution in [0.15, 0.2) is 15.9 Å². The lowest BCUT2D eigenvalue weighted by molar-refractivity contribution is 0.0508. The van der Waals surface area contributed by atoms with Gasteiger partial charge >= 0.3 is 0 Å². The lowest BCUT2D eigenvalue weighted by atomic mass is 9.86. The average molecular weight is 324 g/mol. The third kappa shape index (κ3) is 2.20. The molecule has 1 aliphatic rings. The van der Waals surface area contributed by atoms with E-state index in [0.29, 0.717) is 17.9 Å². The van der Waals surface area contributed by atoms with Gasteiger partial charge in [-0.15, -0.1) is 22.9 Å². The van der Waals surface area contributed by atoms with Crippen LogP contribution in [0.3, 0.4) is 0 Å². The predicted molar refractivity (Wildman–Crippen MR) is 73.3 cm³/mol. The van der Waals surface area contributed by atoms with Gasteiger partial charge in [-0.25, -0.2) is 0 Å². The molecule has 0 bridgehead atoms. The molecule has 0 radical (unpaired) electrons. The molecular weight excluding hydrogens is 308 g/mol.